The first-order valence-electron chi connectivity index (χ1n) is 15.2. The maximum absolute atomic E-state index is 2.47. The standard InChI is InChI=1S/C41H32N2/c1-41(2,3)28-18-20-39-35(23-28)36-25-34-27(22-40(36)42(39)29-11-5-4-6-12-29)21-26-17-19-30(24-33(26)34)43-37-15-9-7-13-31(37)32-14-8-10-16-38(32)43/h4-20,22-25H,21H2,1-3H3. The number of rotatable bonds is 2. The Balaban J connectivity index is 1.30. The Hall–Kier alpha value is -5.08. The summed E-state index contributed by atoms with van der Waals surface area (Å²) in [5, 5.41) is 5.23. The Morgan fingerprint density at radius 2 is 1.05 bits per heavy atom. The molecule has 0 N–H and O–H groups in total. The molecular weight excluding hydrogens is 520 g/mol. The number of aromatic nitrogens is 2. The first-order chi connectivity index (χ1) is 21.0. The highest BCUT2D eigenvalue weighted by atomic mass is 15.0. The molecule has 1 aliphatic carbocycles. The van der Waals surface area contributed by atoms with Crippen LogP contribution in [0.25, 0.3) is 66.1 Å². The van der Waals surface area contributed by atoms with Crippen LogP contribution in [0.2, 0.25) is 0 Å². The molecule has 0 fully saturated rings. The topological polar surface area (TPSA) is 9.86 Å². The van der Waals surface area contributed by atoms with Crippen molar-refractivity contribution < 1.29 is 0 Å². The molecule has 43 heavy (non-hydrogen) atoms. The maximum Gasteiger partial charge on any atom is 0.0544 e. The Labute approximate surface area is 251 Å². The molecule has 0 spiro atoms. The lowest BCUT2D eigenvalue weighted by atomic mass is 9.86. The van der Waals surface area contributed by atoms with Crippen molar-refractivity contribution in [3.63, 3.8) is 0 Å². The van der Waals surface area contributed by atoms with Gasteiger partial charge in [-0.15, -0.1) is 0 Å². The molecule has 0 saturated heterocycles. The lowest BCUT2D eigenvalue weighted by Gasteiger charge is -2.19. The highest BCUT2D eigenvalue weighted by molar-refractivity contribution is 6.12. The van der Waals surface area contributed by atoms with Gasteiger partial charge >= 0.3 is 0 Å². The Morgan fingerprint density at radius 3 is 1.77 bits per heavy atom. The minimum Gasteiger partial charge on any atom is -0.309 e. The van der Waals surface area contributed by atoms with E-state index in [1.54, 1.807) is 0 Å². The predicted octanol–water partition coefficient (Wildman–Crippen LogP) is 10.7. The van der Waals surface area contributed by atoms with E-state index >= 15 is 0 Å². The van der Waals surface area contributed by atoms with Gasteiger partial charge in [0.1, 0.15) is 0 Å². The molecule has 0 radical (unpaired) electrons. The van der Waals surface area contributed by atoms with Gasteiger partial charge in [0, 0.05) is 32.9 Å². The van der Waals surface area contributed by atoms with E-state index in [0.717, 1.165) is 6.42 Å². The minimum atomic E-state index is 0.0793. The van der Waals surface area contributed by atoms with Gasteiger partial charge in [-0.05, 0) is 100 Å². The second-order valence-corrected chi connectivity index (χ2v) is 13.1. The van der Waals surface area contributed by atoms with Crippen LogP contribution in [0.4, 0.5) is 0 Å². The summed E-state index contributed by atoms with van der Waals surface area (Å²) in [7, 11) is 0. The predicted molar refractivity (Wildman–Crippen MR) is 182 cm³/mol. The molecule has 6 aromatic carbocycles. The van der Waals surface area contributed by atoms with Gasteiger partial charge in [-0.25, -0.2) is 0 Å². The number of hydrogen-bond donors (Lipinski definition) is 0. The summed E-state index contributed by atoms with van der Waals surface area (Å²) in [6.07, 6.45) is 0.956. The first kappa shape index (κ1) is 24.5. The van der Waals surface area contributed by atoms with E-state index < -0.39 is 0 Å². The van der Waals surface area contributed by atoms with E-state index in [1.165, 1.54) is 82.8 Å². The van der Waals surface area contributed by atoms with Gasteiger partial charge in [0.15, 0.2) is 0 Å². The number of fused-ring (bicyclic) bond motifs is 9. The fourth-order valence-corrected chi connectivity index (χ4v) is 7.34. The lowest BCUT2D eigenvalue weighted by molar-refractivity contribution is 0.591. The summed E-state index contributed by atoms with van der Waals surface area (Å²) in [4.78, 5) is 0. The molecule has 206 valence electrons. The van der Waals surface area contributed by atoms with E-state index in [-0.39, 0.29) is 5.41 Å². The highest BCUT2D eigenvalue weighted by Gasteiger charge is 2.24. The normalized spacial score (nSPS) is 12.9. The van der Waals surface area contributed by atoms with Crippen LogP contribution < -0.4 is 0 Å². The van der Waals surface area contributed by atoms with Crippen LogP contribution in [-0.2, 0) is 11.8 Å². The molecule has 2 heterocycles. The smallest absolute Gasteiger partial charge is 0.0544 e. The zero-order valence-electron chi connectivity index (χ0n) is 24.7. The minimum absolute atomic E-state index is 0.0793. The lowest BCUT2D eigenvalue weighted by Crippen LogP contribution is -2.10. The molecule has 0 amide bonds. The van der Waals surface area contributed by atoms with Crippen molar-refractivity contribution in [3.05, 3.63) is 144 Å². The number of benzene rings is 6. The third-order valence-electron chi connectivity index (χ3n) is 9.47. The van der Waals surface area contributed by atoms with Crippen LogP contribution in [0.1, 0.15) is 37.5 Å². The number of hydrogen-bond acceptors (Lipinski definition) is 0. The van der Waals surface area contributed by atoms with Crippen LogP contribution in [-0.4, -0.2) is 9.13 Å². The summed E-state index contributed by atoms with van der Waals surface area (Å²) >= 11 is 0. The summed E-state index contributed by atoms with van der Waals surface area (Å²) in [6, 6.07) is 47.4. The summed E-state index contributed by atoms with van der Waals surface area (Å²) in [6.45, 7) is 6.90. The van der Waals surface area contributed by atoms with Gasteiger partial charge < -0.3 is 9.13 Å². The molecule has 0 unspecified atom stereocenters. The molecule has 0 aliphatic heterocycles. The van der Waals surface area contributed by atoms with Gasteiger partial charge in [-0.3, -0.25) is 0 Å². The van der Waals surface area contributed by atoms with Crippen molar-refractivity contribution in [1.29, 1.82) is 0 Å². The fraction of sp³-hybridized carbons (Fsp3) is 0.122. The van der Waals surface area contributed by atoms with Crippen LogP contribution >= 0.6 is 0 Å². The van der Waals surface area contributed by atoms with Crippen molar-refractivity contribution >= 4 is 43.6 Å². The van der Waals surface area contributed by atoms with Crippen molar-refractivity contribution in [2.24, 2.45) is 0 Å². The van der Waals surface area contributed by atoms with Gasteiger partial charge in [0.25, 0.3) is 0 Å². The van der Waals surface area contributed by atoms with Crippen LogP contribution in [0.3, 0.4) is 0 Å². The quantitative estimate of drug-likeness (QED) is 0.202. The molecule has 2 aromatic heterocycles. The van der Waals surface area contributed by atoms with Gasteiger partial charge in [0.2, 0.25) is 0 Å². The van der Waals surface area contributed by atoms with Crippen molar-refractivity contribution in [1.82, 2.24) is 9.13 Å². The average molecular weight is 553 g/mol. The first-order valence-corrected chi connectivity index (χ1v) is 15.2. The largest absolute Gasteiger partial charge is 0.309 e. The molecule has 8 aromatic rings. The molecule has 9 rings (SSSR count). The maximum atomic E-state index is 2.47. The Bertz CT molecular complexity index is 2340. The molecule has 2 nitrogen and oxygen atoms in total. The molecule has 2 heteroatoms. The van der Waals surface area contributed by atoms with Gasteiger partial charge in [0.05, 0.1) is 22.1 Å². The van der Waals surface area contributed by atoms with E-state index in [9.17, 15) is 0 Å². The van der Waals surface area contributed by atoms with Crippen LogP contribution in [0.15, 0.2) is 127 Å². The van der Waals surface area contributed by atoms with E-state index in [0.29, 0.717) is 0 Å². The molecule has 1 aliphatic rings. The molecule has 0 atom stereocenters. The van der Waals surface area contributed by atoms with Crippen molar-refractivity contribution in [2.75, 3.05) is 0 Å². The number of para-hydroxylation sites is 3. The summed E-state index contributed by atoms with van der Waals surface area (Å²) < 4.78 is 4.88. The Kier molecular flexibility index (Phi) is 4.97. The van der Waals surface area contributed by atoms with E-state index in [4.69, 9.17) is 0 Å². The van der Waals surface area contributed by atoms with E-state index in [2.05, 4.69) is 157 Å². The summed E-state index contributed by atoms with van der Waals surface area (Å²) in [5.74, 6) is 0. The average Bonchev–Trinajstić information content (AvgIpc) is 3.66. The molecular formula is C41H32N2. The zero-order valence-corrected chi connectivity index (χ0v) is 24.7. The van der Waals surface area contributed by atoms with E-state index in [1.807, 2.05) is 0 Å². The fourth-order valence-electron chi connectivity index (χ4n) is 7.34. The second kappa shape index (κ2) is 8.72. The molecule has 0 bridgehead atoms. The second-order valence-electron chi connectivity index (χ2n) is 13.1. The Morgan fingerprint density at radius 1 is 0.442 bits per heavy atom. The number of nitrogens with zero attached hydrogens (tertiary/aromatic N) is 2. The van der Waals surface area contributed by atoms with Crippen LogP contribution in [0.5, 0.6) is 0 Å². The monoisotopic (exact) mass is 552 g/mol. The SMILES string of the molecule is CC(C)(C)c1ccc2c(c1)c1cc3c(cc1n2-c1ccccc1)Cc1ccc(-n2c4ccccc4c4ccccc42)cc1-3. The summed E-state index contributed by atoms with van der Waals surface area (Å²) in [5.41, 5.74) is 14.4. The third kappa shape index (κ3) is 3.53. The van der Waals surface area contributed by atoms with Crippen LogP contribution in [0, 0.1) is 0 Å². The molecule has 0 saturated carbocycles. The van der Waals surface area contributed by atoms with Crippen molar-refractivity contribution in [3.8, 4) is 22.5 Å². The van der Waals surface area contributed by atoms with Gasteiger partial charge in [-0.1, -0.05) is 87.5 Å². The third-order valence-corrected chi connectivity index (χ3v) is 9.47. The van der Waals surface area contributed by atoms with Gasteiger partial charge in [-0.2, -0.15) is 0 Å². The zero-order chi connectivity index (χ0) is 28.9. The van der Waals surface area contributed by atoms with Crippen molar-refractivity contribution in [2.45, 2.75) is 32.6 Å². The highest BCUT2D eigenvalue weighted by Crippen LogP contribution is 2.44.